The van der Waals surface area contributed by atoms with Gasteiger partial charge in [-0.25, -0.2) is 9.89 Å². The molecule has 2 N–H and O–H groups in total. The van der Waals surface area contributed by atoms with Crippen LogP contribution in [0.1, 0.15) is 20.8 Å². The van der Waals surface area contributed by atoms with Gasteiger partial charge in [0.05, 0.1) is 6.10 Å². The standard InChI is InChI=1S/C9H13N3O4S/c1-4(2)16-8(14)5(3)17-7-6(13)10-9(15)12-11-7/h4-5H,1-3H3,(H2,10,12,13,15). The first-order valence-corrected chi connectivity index (χ1v) is 5.84. The Labute approximate surface area is 101 Å². The summed E-state index contributed by atoms with van der Waals surface area (Å²) in [7, 11) is 0. The molecule has 1 aromatic heterocycles. The lowest BCUT2D eigenvalue weighted by molar-refractivity contribution is -0.146. The van der Waals surface area contributed by atoms with Crippen LogP contribution in [-0.2, 0) is 9.53 Å². The van der Waals surface area contributed by atoms with Crippen molar-refractivity contribution in [3.05, 3.63) is 20.8 Å². The molecule has 7 nitrogen and oxygen atoms in total. The Balaban J connectivity index is 2.74. The third-order valence-corrected chi connectivity index (χ3v) is 2.70. The van der Waals surface area contributed by atoms with Gasteiger partial charge in [-0.3, -0.25) is 14.6 Å². The zero-order chi connectivity index (χ0) is 13.0. The second-order valence-corrected chi connectivity index (χ2v) is 4.89. The Morgan fingerprint density at radius 3 is 2.53 bits per heavy atom. The maximum Gasteiger partial charge on any atom is 0.342 e. The Morgan fingerprint density at radius 1 is 1.35 bits per heavy atom. The fraction of sp³-hybridized carbons (Fsp3) is 0.556. The maximum absolute atomic E-state index is 11.5. The number of thioether (sulfide) groups is 1. The molecule has 8 heteroatoms. The highest BCUT2D eigenvalue weighted by Gasteiger charge is 2.19. The molecule has 0 radical (unpaired) electrons. The second kappa shape index (κ2) is 5.67. The highest BCUT2D eigenvalue weighted by atomic mass is 32.2. The summed E-state index contributed by atoms with van der Waals surface area (Å²) in [4.78, 5) is 35.5. The Hall–Kier alpha value is -1.57. The van der Waals surface area contributed by atoms with Gasteiger partial charge in [0.25, 0.3) is 5.56 Å². The normalized spacial score (nSPS) is 12.5. The van der Waals surface area contributed by atoms with Gasteiger partial charge in [-0.05, 0) is 20.8 Å². The van der Waals surface area contributed by atoms with Crippen LogP contribution < -0.4 is 11.2 Å². The van der Waals surface area contributed by atoms with E-state index in [1.807, 2.05) is 4.98 Å². The van der Waals surface area contributed by atoms with E-state index in [1.165, 1.54) is 0 Å². The highest BCUT2D eigenvalue weighted by Crippen LogP contribution is 2.18. The Morgan fingerprint density at radius 2 is 2.00 bits per heavy atom. The van der Waals surface area contributed by atoms with Crippen molar-refractivity contribution in [2.24, 2.45) is 0 Å². The first-order chi connectivity index (χ1) is 7.90. The molecule has 0 aliphatic rings. The van der Waals surface area contributed by atoms with Crippen molar-refractivity contribution in [3.8, 4) is 0 Å². The molecule has 0 saturated heterocycles. The smallest absolute Gasteiger partial charge is 0.342 e. The van der Waals surface area contributed by atoms with Crippen molar-refractivity contribution in [3.63, 3.8) is 0 Å². The lowest BCUT2D eigenvalue weighted by atomic mass is 10.4. The number of nitrogens with one attached hydrogen (secondary N) is 2. The number of H-pyrrole nitrogens is 2. The van der Waals surface area contributed by atoms with Gasteiger partial charge in [-0.1, -0.05) is 11.8 Å². The molecule has 0 fully saturated rings. The summed E-state index contributed by atoms with van der Waals surface area (Å²) in [5.41, 5.74) is -1.31. The number of carbonyl (C=O) groups excluding carboxylic acids is 1. The number of carbonyl (C=O) groups is 1. The van der Waals surface area contributed by atoms with Crippen molar-refractivity contribution in [1.82, 2.24) is 15.2 Å². The van der Waals surface area contributed by atoms with Gasteiger partial charge in [0, 0.05) is 0 Å². The summed E-state index contributed by atoms with van der Waals surface area (Å²) < 4.78 is 4.98. The molecule has 0 saturated carbocycles. The lowest BCUT2D eigenvalue weighted by Crippen LogP contribution is -2.27. The Kier molecular flexibility index (Phi) is 4.50. The van der Waals surface area contributed by atoms with E-state index in [2.05, 4.69) is 10.2 Å². The minimum absolute atomic E-state index is 0.0257. The maximum atomic E-state index is 11.5. The first kappa shape index (κ1) is 13.5. The van der Waals surface area contributed by atoms with E-state index in [0.717, 1.165) is 11.8 Å². The third kappa shape index (κ3) is 4.06. The molecule has 0 aliphatic carbocycles. The van der Waals surface area contributed by atoms with Crippen molar-refractivity contribution in [2.45, 2.75) is 37.2 Å². The monoisotopic (exact) mass is 259 g/mol. The molecule has 1 unspecified atom stereocenters. The molecule has 0 spiro atoms. The van der Waals surface area contributed by atoms with Crippen molar-refractivity contribution in [2.75, 3.05) is 0 Å². The van der Waals surface area contributed by atoms with Gasteiger partial charge >= 0.3 is 11.7 Å². The van der Waals surface area contributed by atoms with Crippen LogP contribution >= 0.6 is 11.8 Å². The van der Waals surface area contributed by atoms with Crippen molar-refractivity contribution >= 4 is 17.7 Å². The number of aromatic nitrogens is 3. The predicted molar refractivity (Wildman–Crippen MR) is 62.0 cm³/mol. The van der Waals surface area contributed by atoms with E-state index in [0.29, 0.717) is 0 Å². The first-order valence-electron chi connectivity index (χ1n) is 4.96. The SMILES string of the molecule is CC(C)OC(=O)C(C)Sc1n[nH]c(=O)[nH]c1=O. The minimum Gasteiger partial charge on any atom is -0.462 e. The van der Waals surface area contributed by atoms with E-state index in [-0.39, 0.29) is 11.1 Å². The number of aromatic amines is 2. The topological polar surface area (TPSA) is 105 Å². The molecule has 0 aromatic carbocycles. The summed E-state index contributed by atoms with van der Waals surface area (Å²) in [5.74, 6) is -0.433. The van der Waals surface area contributed by atoms with Crippen molar-refractivity contribution < 1.29 is 9.53 Å². The molecule has 1 heterocycles. The molecular formula is C9H13N3O4S. The van der Waals surface area contributed by atoms with Crippen LogP contribution in [0.15, 0.2) is 14.6 Å². The van der Waals surface area contributed by atoms with E-state index in [1.54, 1.807) is 20.8 Å². The summed E-state index contributed by atoms with van der Waals surface area (Å²) in [6.45, 7) is 5.07. The number of hydrogen-bond donors (Lipinski definition) is 2. The van der Waals surface area contributed by atoms with Gasteiger partial charge in [-0.2, -0.15) is 5.10 Å². The molecule has 1 atom stereocenters. The molecule has 1 rings (SSSR count). The summed E-state index contributed by atoms with van der Waals surface area (Å²) in [6.07, 6.45) is -0.215. The van der Waals surface area contributed by atoms with Gasteiger partial charge in [0.2, 0.25) is 0 Å². The average molecular weight is 259 g/mol. The number of hydrogen-bond acceptors (Lipinski definition) is 6. The molecule has 94 valence electrons. The van der Waals surface area contributed by atoms with Gasteiger partial charge in [0.15, 0.2) is 5.03 Å². The van der Waals surface area contributed by atoms with Crippen LogP contribution in [0.5, 0.6) is 0 Å². The van der Waals surface area contributed by atoms with E-state index in [9.17, 15) is 14.4 Å². The predicted octanol–water partition coefficient (Wildman–Crippen LogP) is -0.110. The highest BCUT2D eigenvalue weighted by molar-refractivity contribution is 8.00. The number of rotatable bonds is 4. The molecule has 17 heavy (non-hydrogen) atoms. The fourth-order valence-corrected chi connectivity index (χ4v) is 1.70. The number of esters is 1. The molecule has 0 amide bonds. The zero-order valence-corrected chi connectivity index (χ0v) is 10.5. The number of nitrogens with zero attached hydrogens (tertiary/aromatic N) is 1. The molecule has 1 aromatic rings. The largest absolute Gasteiger partial charge is 0.462 e. The van der Waals surface area contributed by atoms with E-state index < -0.39 is 22.5 Å². The zero-order valence-electron chi connectivity index (χ0n) is 9.64. The van der Waals surface area contributed by atoms with Crippen LogP contribution in [0.2, 0.25) is 0 Å². The minimum atomic E-state index is -0.684. The van der Waals surface area contributed by atoms with E-state index >= 15 is 0 Å². The third-order valence-electron chi connectivity index (χ3n) is 1.65. The van der Waals surface area contributed by atoms with E-state index in [4.69, 9.17) is 4.74 Å². The van der Waals surface area contributed by atoms with Gasteiger partial charge in [0.1, 0.15) is 5.25 Å². The van der Waals surface area contributed by atoms with Crippen molar-refractivity contribution in [1.29, 1.82) is 0 Å². The van der Waals surface area contributed by atoms with Crippen LogP contribution in [0.3, 0.4) is 0 Å². The lowest BCUT2D eigenvalue weighted by Gasteiger charge is -2.12. The van der Waals surface area contributed by atoms with Gasteiger partial charge in [-0.15, -0.1) is 0 Å². The fourth-order valence-electron chi connectivity index (χ4n) is 0.960. The molecule has 0 aliphatic heterocycles. The Bertz CT molecular complexity index is 507. The van der Waals surface area contributed by atoms with Crippen LogP contribution in [0, 0.1) is 0 Å². The van der Waals surface area contributed by atoms with Gasteiger partial charge < -0.3 is 4.74 Å². The second-order valence-electron chi connectivity index (χ2n) is 3.56. The summed E-state index contributed by atoms with van der Waals surface area (Å²) in [5, 5.41) is 5.10. The molecular weight excluding hydrogens is 246 g/mol. The van der Waals surface area contributed by atoms with Crippen LogP contribution in [0.25, 0.3) is 0 Å². The quantitative estimate of drug-likeness (QED) is 0.577. The summed E-state index contributed by atoms with van der Waals surface area (Å²) >= 11 is 0.929. The van der Waals surface area contributed by atoms with Crippen LogP contribution in [0.4, 0.5) is 0 Å². The summed E-state index contributed by atoms with van der Waals surface area (Å²) in [6, 6.07) is 0. The number of ether oxygens (including phenoxy) is 1. The van der Waals surface area contributed by atoms with Crippen LogP contribution in [-0.4, -0.2) is 32.5 Å². The molecule has 0 bridgehead atoms. The average Bonchev–Trinajstić information content (AvgIpc) is 2.21.